The van der Waals surface area contributed by atoms with Gasteiger partial charge in [-0.15, -0.1) is 11.3 Å². The Kier molecular flexibility index (Phi) is 4.31. The Morgan fingerprint density at radius 2 is 2.11 bits per heavy atom. The molecule has 6 heteroatoms. The van der Waals surface area contributed by atoms with Crippen molar-refractivity contribution in [2.45, 2.75) is 19.9 Å². The van der Waals surface area contributed by atoms with Gasteiger partial charge in [-0.1, -0.05) is 0 Å². The molecule has 100 valence electrons. The van der Waals surface area contributed by atoms with Crippen molar-refractivity contribution in [1.82, 2.24) is 14.8 Å². The van der Waals surface area contributed by atoms with Gasteiger partial charge < -0.3 is 10.2 Å². The predicted octanol–water partition coefficient (Wildman–Crippen LogP) is 1.03. The first kappa shape index (κ1) is 13.5. The Hall–Kier alpha value is -0.980. The number of likely N-dealkylation sites (N-methyl/N-ethyl adjacent to an activating group) is 1. The second-order valence-corrected chi connectivity index (χ2v) is 6.02. The summed E-state index contributed by atoms with van der Waals surface area (Å²) in [5, 5.41) is 3.58. The first-order valence-electron chi connectivity index (χ1n) is 6.22. The first-order valence-corrected chi connectivity index (χ1v) is 7.04. The zero-order valence-electron chi connectivity index (χ0n) is 11.1. The van der Waals surface area contributed by atoms with Gasteiger partial charge in [0, 0.05) is 37.3 Å². The number of nitrogens with one attached hydrogen (secondary N) is 1. The molecule has 0 bridgehead atoms. The van der Waals surface area contributed by atoms with Crippen LogP contribution in [0.4, 0.5) is 5.13 Å². The van der Waals surface area contributed by atoms with Crippen molar-refractivity contribution in [3.05, 3.63) is 11.1 Å². The second kappa shape index (κ2) is 5.77. The Morgan fingerprint density at radius 3 is 2.67 bits per heavy atom. The minimum atomic E-state index is -0.0945. The van der Waals surface area contributed by atoms with Crippen LogP contribution in [0.2, 0.25) is 0 Å². The molecule has 1 N–H and O–H groups in total. The molecule has 1 aromatic heterocycles. The zero-order chi connectivity index (χ0) is 13.1. The Bertz CT molecular complexity index is 412. The van der Waals surface area contributed by atoms with E-state index in [2.05, 4.69) is 27.1 Å². The summed E-state index contributed by atoms with van der Waals surface area (Å²) in [6, 6.07) is -0.0945. The van der Waals surface area contributed by atoms with E-state index in [0.29, 0.717) is 5.13 Å². The van der Waals surface area contributed by atoms with Crippen LogP contribution in [-0.4, -0.2) is 60.0 Å². The SMILES string of the molecule is Cc1cnc(NC(=O)[C@H](C)N2CCN(C)CC2)s1. The van der Waals surface area contributed by atoms with Crippen LogP contribution < -0.4 is 5.32 Å². The lowest BCUT2D eigenvalue weighted by Crippen LogP contribution is -2.51. The third-order valence-corrected chi connectivity index (χ3v) is 4.14. The third kappa shape index (κ3) is 3.28. The summed E-state index contributed by atoms with van der Waals surface area (Å²) < 4.78 is 0. The lowest BCUT2D eigenvalue weighted by molar-refractivity contribution is -0.121. The molecule has 0 spiro atoms. The maximum atomic E-state index is 12.1. The van der Waals surface area contributed by atoms with Crippen LogP contribution in [0, 0.1) is 6.92 Å². The van der Waals surface area contributed by atoms with E-state index in [9.17, 15) is 4.79 Å². The van der Waals surface area contributed by atoms with Gasteiger partial charge in [-0.3, -0.25) is 9.69 Å². The molecule has 0 aromatic carbocycles. The van der Waals surface area contributed by atoms with Gasteiger partial charge in [-0.2, -0.15) is 0 Å². The molecule has 2 heterocycles. The number of aryl methyl sites for hydroxylation is 1. The number of nitrogens with zero attached hydrogens (tertiary/aromatic N) is 3. The van der Waals surface area contributed by atoms with Gasteiger partial charge in [-0.25, -0.2) is 4.98 Å². The lowest BCUT2D eigenvalue weighted by Gasteiger charge is -2.35. The van der Waals surface area contributed by atoms with Crippen LogP contribution >= 0.6 is 11.3 Å². The Balaban J connectivity index is 1.88. The molecule has 5 nitrogen and oxygen atoms in total. The van der Waals surface area contributed by atoms with E-state index in [0.717, 1.165) is 31.1 Å². The molecule has 1 atom stereocenters. The quantitative estimate of drug-likeness (QED) is 0.889. The van der Waals surface area contributed by atoms with Crippen molar-refractivity contribution >= 4 is 22.4 Å². The van der Waals surface area contributed by atoms with Gasteiger partial charge in [0.15, 0.2) is 5.13 Å². The highest BCUT2D eigenvalue weighted by Crippen LogP contribution is 2.17. The average molecular weight is 268 g/mol. The number of carbonyl (C=O) groups is 1. The number of aromatic nitrogens is 1. The molecule has 1 fully saturated rings. The molecule has 0 saturated carbocycles. The highest BCUT2D eigenvalue weighted by atomic mass is 32.1. The number of rotatable bonds is 3. The van der Waals surface area contributed by atoms with Crippen molar-refractivity contribution in [2.75, 3.05) is 38.5 Å². The fourth-order valence-corrected chi connectivity index (χ4v) is 2.66. The van der Waals surface area contributed by atoms with E-state index in [4.69, 9.17) is 0 Å². The summed E-state index contributed by atoms with van der Waals surface area (Å²) in [4.78, 5) is 21.9. The molecule has 0 radical (unpaired) electrons. The van der Waals surface area contributed by atoms with E-state index in [1.165, 1.54) is 11.3 Å². The molecule has 1 saturated heterocycles. The summed E-state index contributed by atoms with van der Waals surface area (Å²) in [7, 11) is 2.11. The summed E-state index contributed by atoms with van der Waals surface area (Å²) in [5.74, 6) is 0.0360. The van der Waals surface area contributed by atoms with Gasteiger partial charge in [-0.05, 0) is 20.9 Å². The molecule has 1 aromatic rings. The van der Waals surface area contributed by atoms with Crippen LogP contribution in [0.15, 0.2) is 6.20 Å². The number of carbonyl (C=O) groups excluding carboxylic acids is 1. The topological polar surface area (TPSA) is 48.5 Å². The molecular weight excluding hydrogens is 248 g/mol. The second-order valence-electron chi connectivity index (χ2n) is 4.78. The molecule has 1 amide bonds. The maximum absolute atomic E-state index is 12.1. The number of amides is 1. The highest BCUT2D eigenvalue weighted by molar-refractivity contribution is 7.15. The monoisotopic (exact) mass is 268 g/mol. The van der Waals surface area contributed by atoms with Gasteiger partial charge in [0.2, 0.25) is 5.91 Å². The molecule has 0 unspecified atom stereocenters. The van der Waals surface area contributed by atoms with E-state index in [-0.39, 0.29) is 11.9 Å². The zero-order valence-corrected chi connectivity index (χ0v) is 12.0. The van der Waals surface area contributed by atoms with Gasteiger partial charge >= 0.3 is 0 Å². The normalized spacial score (nSPS) is 19.7. The summed E-state index contributed by atoms with van der Waals surface area (Å²) in [5.41, 5.74) is 0. The van der Waals surface area contributed by atoms with E-state index >= 15 is 0 Å². The van der Waals surface area contributed by atoms with Gasteiger partial charge in [0.25, 0.3) is 0 Å². The van der Waals surface area contributed by atoms with Gasteiger partial charge in [0.1, 0.15) is 0 Å². The average Bonchev–Trinajstić information content (AvgIpc) is 2.75. The van der Waals surface area contributed by atoms with Crippen LogP contribution in [0.25, 0.3) is 0 Å². The fourth-order valence-electron chi connectivity index (χ4n) is 2.00. The molecular formula is C12H20N4OS. The largest absolute Gasteiger partial charge is 0.304 e. The fraction of sp³-hybridized carbons (Fsp3) is 0.667. The summed E-state index contributed by atoms with van der Waals surface area (Å²) in [6.07, 6.45) is 1.78. The summed E-state index contributed by atoms with van der Waals surface area (Å²) >= 11 is 1.51. The van der Waals surface area contributed by atoms with Crippen molar-refractivity contribution in [1.29, 1.82) is 0 Å². The number of anilines is 1. The minimum absolute atomic E-state index is 0.0360. The maximum Gasteiger partial charge on any atom is 0.243 e. The van der Waals surface area contributed by atoms with Crippen molar-refractivity contribution in [2.24, 2.45) is 0 Å². The Labute approximate surface area is 112 Å². The molecule has 1 aliphatic heterocycles. The molecule has 0 aliphatic carbocycles. The first-order chi connectivity index (χ1) is 8.56. The lowest BCUT2D eigenvalue weighted by atomic mass is 10.2. The number of thiazole rings is 1. The summed E-state index contributed by atoms with van der Waals surface area (Å²) in [6.45, 7) is 7.88. The van der Waals surface area contributed by atoms with Crippen LogP contribution in [0.1, 0.15) is 11.8 Å². The van der Waals surface area contributed by atoms with Crippen molar-refractivity contribution < 1.29 is 4.79 Å². The van der Waals surface area contributed by atoms with Crippen molar-refractivity contribution in [3.8, 4) is 0 Å². The van der Waals surface area contributed by atoms with Gasteiger partial charge in [0.05, 0.1) is 6.04 Å². The standard InChI is InChI=1S/C12H20N4OS/c1-9-8-13-12(18-9)14-11(17)10(2)16-6-4-15(3)5-7-16/h8,10H,4-7H2,1-3H3,(H,13,14,17)/t10-/m0/s1. The number of hydrogen-bond donors (Lipinski definition) is 1. The minimum Gasteiger partial charge on any atom is -0.304 e. The van der Waals surface area contributed by atoms with E-state index in [1.54, 1.807) is 6.20 Å². The highest BCUT2D eigenvalue weighted by Gasteiger charge is 2.24. The van der Waals surface area contributed by atoms with E-state index in [1.807, 2.05) is 13.8 Å². The van der Waals surface area contributed by atoms with Crippen LogP contribution in [0.3, 0.4) is 0 Å². The molecule has 1 aliphatic rings. The predicted molar refractivity (Wildman–Crippen MR) is 74.0 cm³/mol. The Morgan fingerprint density at radius 1 is 1.44 bits per heavy atom. The van der Waals surface area contributed by atoms with E-state index < -0.39 is 0 Å². The smallest absolute Gasteiger partial charge is 0.243 e. The molecule has 2 rings (SSSR count). The van der Waals surface area contributed by atoms with Crippen LogP contribution in [0.5, 0.6) is 0 Å². The van der Waals surface area contributed by atoms with Crippen LogP contribution in [-0.2, 0) is 4.79 Å². The number of hydrogen-bond acceptors (Lipinski definition) is 5. The number of piperazine rings is 1. The van der Waals surface area contributed by atoms with Crippen molar-refractivity contribution in [3.63, 3.8) is 0 Å². The third-order valence-electron chi connectivity index (χ3n) is 3.32. The molecule has 18 heavy (non-hydrogen) atoms.